The van der Waals surface area contributed by atoms with Gasteiger partial charge in [-0.2, -0.15) is 0 Å². The summed E-state index contributed by atoms with van der Waals surface area (Å²) >= 11 is 0. The van der Waals surface area contributed by atoms with Gasteiger partial charge in [0.2, 0.25) is 5.91 Å². The molecule has 0 saturated heterocycles. The minimum absolute atomic E-state index is 0.107. The summed E-state index contributed by atoms with van der Waals surface area (Å²) in [5.74, 6) is 0.0276. The number of ether oxygens (including phenoxy) is 2. The molecule has 0 aliphatic heterocycles. The second-order valence-corrected chi connectivity index (χ2v) is 7.52. The van der Waals surface area contributed by atoms with Gasteiger partial charge in [-0.15, -0.1) is 0 Å². The second kappa shape index (κ2) is 9.44. The maximum absolute atomic E-state index is 12.2. The summed E-state index contributed by atoms with van der Waals surface area (Å²) in [5, 5.41) is 10.6. The van der Waals surface area contributed by atoms with E-state index in [4.69, 9.17) is 9.47 Å². The Morgan fingerprint density at radius 3 is 2.30 bits per heavy atom. The highest BCUT2D eigenvalue weighted by Gasteiger charge is 2.16. The van der Waals surface area contributed by atoms with Crippen LogP contribution in [0.25, 0.3) is 22.6 Å². The van der Waals surface area contributed by atoms with E-state index in [9.17, 15) is 14.7 Å². The Balaban J connectivity index is 1.76. The molecule has 4 aromatic rings. The van der Waals surface area contributed by atoms with Crippen molar-refractivity contribution in [3.63, 3.8) is 0 Å². The van der Waals surface area contributed by atoms with Crippen molar-refractivity contribution >= 4 is 34.4 Å². The van der Waals surface area contributed by atoms with E-state index < -0.39 is 5.97 Å². The molecule has 6 nitrogen and oxygen atoms in total. The SMILES string of the molecule is COc1ccc(/C(=C\c2cn(C(C)=O)c3ccc(OCc4ccccc4)cc23)C(=O)O)cc1. The molecule has 0 fully saturated rings. The number of hydrogen-bond acceptors (Lipinski definition) is 4. The van der Waals surface area contributed by atoms with E-state index in [-0.39, 0.29) is 11.5 Å². The largest absolute Gasteiger partial charge is 0.497 e. The van der Waals surface area contributed by atoms with Crippen LogP contribution in [0.15, 0.2) is 79.0 Å². The van der Waals surface area contributed by atoms with Gasteiger partial charge in [-0.25, -0.2) is 4.79 Å². The highest BCUT2D eigenvalue weighted by molar-refractivity contribution is 6.21. The Bertz CT molecular complexity index is 1330. The van der Waals surface area contributed by atoms with Crippen molar-refractivity contribution in [2.24, 2.45) is 0 Å². The van der Waals surface area contributed by atoms with Gasteiger partial charge in [-0.1, -0.05) is 42.5 Å². The number of methoxy groups -OCH3 is 1. The van der Waals surface area contributed by atoms with Gasteiger partial charge >= 0.3 is 5.97 Å². The van der Waals surface area contributed by atoms with E-state index in [1.807, 2.05) is 42.5 Å². The Morgan fingerprint density at radius 1 is 0.970 bits per heavy atom. The number of carboxylic acid groups (broad SMARTS) is 1. The number of fused-ring (bicyclic) bond motifs is 1. The molecule has 0 radical (unpaired) electrons. The minimum Gasteiger partial charge on any atom is -0.497 e. The maximum Gasteiger partial charge on any atom is 0.336 e. The van der Waals surface area contributed by atoms with E-state index >= 15 is 0 Å². The second-order valence-electron chi connectivity index (χ2n) is 7.52. The fourth-order valence-electron chi connectivity index (χ4n) is 3.64. The number of rotatable bonds is 7. The van der Waals surface area contributed by atoms with Crippen molar-refractivity contribution in [1.82, 2.24) is 4.57 Å². The Kier molecular flexibility index (Phi) is 6.26. The number of aromatic nitrogens is 1. The summed E-state index contributed by atoms with van der Waals surface area (Å²) in [6.45, 7) is 1.87. The first-order chi connectivity index (χ1) is 16.0. The molecule has 33 heavy (non-hydrogen) atoms. The quantitative estimate of drug-likeness (QED) is 0.383. The third-order valence-electron chi connectivity index (χ3n) is 5.33. The van der Waals surface area contributed by atoms with E-state index in [1.54, 1.807) is 49.7 Å². The van der Waals surface area contributed by atoms with Gasteiger partial charge in [-0.05, 0) is 47.5 Å². The molecule has 0 amide bonds. The number of aliphatic carboxylic acids is 1. The summed E-state index contributed by atoms with van der Waals surface area (Å²) < 4.78 is 12.6. The van der Waals surface area contributed by atoms with Crippen LogP contribution in [-0.4, -0.2) is 28.7 Å². The minimum atomic E-state index is -1.07. The molecule has 3 aromatic carbocycles. The van der Waals surface area contributed by atoms with Crippen molar-refractivity contribution in [3.8, 4) is 11.5 Å². The van der Waals surface area contributed by atoms with Crippen LogP contribution in [0.5, 0.6) is 11.5 Å². The van der Waals surface area contributed by atoms with Gasteiger partial charge in [-0.3, -0.25) is 9.36 Å². The van der Waals surface area contributed by atoms with Crippen LogP contribution in [0.4, 0.5) is 0 Å². The maximum atomic E-state index is 12.2. The molecular weight excluding hydrogens is 418 g/mol. The molecule has 0 unspecified atom stereocenters. The predicted molar refractivity (Wildman–Crippen MR) is 128 cm³/mol. The molecular formula is C27H23NO5. The Hall–Kier alpha value is -4.32. The number of benzene rings is 3. The molecule has 4 rings (SSSR count). The van der Waals surface area contributed by atoms with Crippen LogP contribution in [0.3, 0.4) is 0 Å². The first kappa shape index (κ1) is 21.9. The zero-order valence-corrected chi connectivity index (χ0v) is 18.3. The smallest absolute Gasteiger partial charge is 0.336 e. The monoisotopic (exact) mass is 441 g/mol. The van der Waals surface area contributed by atoms with Gasteiger partial charge in [0.1, 0.15) is 18.1 Å². The fraction of sp³-hybridized carbons (Fsp3) is 0.111. The van der Waals surface area contributed by atoms with Gasteiger partial charge in [0.05, 0.1) is 18.2 Å². The van der Waals surface area contributed by atoms with Gasteiger partial charge in [0.25, 0.3) is 0 Å². The van der Waals surface area contributed by atoms with Crippen molar-refractivity contribution in [2.75, 3.05) is 7.11 Å². The molecule has 1 aromatic heterocycles. The van der Waals surface area contributed by atoms with Crippen molar-refractivity contribution < 1.29 is 24.2 Å². The Morgan fingerprint density at radius 2 is 1.67 bits per heavy atom. The first-order valence-electron chi connectivity index (χ1n) is 10.4. The zero-order chi connectivity index (χ0) is 23.4. The van der Waals surface area contributed by atoms with Gasteiger partial charge < -0.3 is 14.6 Å². The average molecular weight is 441 g/mol. The van der Waals surface area contributed by atoms with Crippen molar-refractivity contribution in [2.45, 2.75) is 13.5 Å². The number of carboxylic acids is 1. The number of nitrogens with zero attached hydrogens (tertiary/aromatic N) is 1. The topological polar surface area (TPSA) is 77.8 Å². The van der Waals surface area contributed by atoms with Crippen LogP contribution in [0, 0.1) is 0 Å². The lowest BCUT2D eigenvalue weighted by molar-refractivity contribution is -0.130. The number of carbonyl (C=O) groups excluding carboxylic acids is 1. The number of carbonyl (C=O) groups is 2. The molecule has 0 spiro atoms. The van der Waals surface area contributed by atoms with Crippen LogP contribution >= 0.6 is 0 Å². The molecule has 6 heteroatoms. The van der Waals surface area contributed by atoms with Crippen molar-refractivity contribution in [1.29, 1.82) is 0 Å². The highest BCUT2D eigenvalue weighted by atomic mass is 16.5. The highest BCUT2D eigenvalue weighted by Crippen LogP contribution is 2.30. The molecule has 0 bridgehead atoms. The zero-order valence-electron chi connectivity index (χ0n) is 18.3. The molecule has 1 heterocycles. The average Bonchev–Trinajstić information content (AvgIpc) is 3.20. The molecule has 0 atom stereocenters. The predicted octanol–water partition coefficient (Wildman–Crippen LogP) is 5.51. The van der Waals surface area contributed by atoms with Crippen LogP contribution in [0.1, 0.15) is 28.4 Å². The molecule has 166 valence electrons. The van der Waals surface area contributed by atoms with Crippen LogP contribution < -0.4 is 9.47 Å². The van der Waals surface area contributed by atoms with Crippen molar-refractivity contribution in [3.05, 3.63) is 95.7 Å². The summed E-state index contributed by atoms with van der Waals surface area (Å²) in [6, 6.07) is 22.0. The van der Waals surface area contributed by atoms with Crippen LogP contribution in [0.2, 0.25) is 0 Å². The molecule has 0 aliphatic carbocycles. The van der Waals surface area contributed by atoms with E-state index in [2.05, 4.69) is 0 Å². The fourth-order valence-corrected chi connectivity index (χ4v) is 3.64. The third kappa shape index (κ3) is 4.80. The summed E-state index contributed by atoms with van der Waals surface area (Å²) in [6.07, 6.45) is 3.23. The lowest BCUT2D eigenvalue weighted by Crippen LogP contribution is -2.03. The molecule has 0 saturated carbocycles. The van der Waals surface area contributed by atoms with E-state index in [1.165, 1.54) is 11.5 Å². The number of hydrogen-bond donors (Lipinski definition) is 1. The van der Waals surface area contributed by atoms with Gasteiger partial charge in [0, 0.05) is 24.1 Å². The lowest BCUT2D eigenvalue weighted by atomic mass is 10.0. The first-order valence-corrected chi connectivity index (χ1v) is 10.4. The molecule has 1 N–H and O–H groups in total. The van der Waals surface area contributed by atoms with Crippen LogP contribution in [-0.2, 0) is 11.4 Å². The van der Waals surface area contributed by atoms with Gasteiger partial charge in [0.15, 0.2) is 0 Å². The molecule has 0 aliphatic rings. The normalized spacial score (nSPS) is 11.4. The third-order valence-corrected chi connectivity index (χ3v) is 5.33. The standard InChI is InChI=1S/C27H23NO5/c1-18(29)28-16-21(14-25(27(30)31)20-8-10-22(32-2)11-9-20)24-15-23(12-13-26(24)28)33-17-19-6-4-3-5-7-19/h3-16H,17H2,1-2H3,(H,30,31)/b25-14+. The summed E-state index contributed by atoms with van der Waals surface area (Å²) in [5.41, 5.74) is 2.96. The summed E-state index contributed by atoms with van der Waals surface area (Å²) in [4.78, 5) is 24.3. The lowest BCUT2D eigenvalue weighted by Gasteiger charge is -2.08. The van der Waals surface area contributed by atoms with E-state index in [0.717, 1.165) is 10.9 Å². The van der Waals surface area contributed by atoms with E-state index in [0.29, 0.717) is 34.7 Å². The Labute approximate surface area is 191 Å². The summed E-state index contributed by atoms with van der Waals surface area (Å²) in [7, 11) is 1.55.